The zero-order valence-electron chi connectivity index (χ0n) is 17.6. The van der Waals surface area contributed by atoms with Crippen LogP contribution in [0.3, 0.4) is 0 Å². The maximum atomic E-state index is 13.5. The number of ether oxygens (including phenoxy) is 1. The number of hydrogen-bond acceptors (Lipinski definition) is 4. The molecule has 3 saturated heterocycles. The Hall–Kier alpha value is -1.99. The van der Waals surface area contributed by atoms with Crippen LogP contribution >= 0.6 is 0 Å². The Balaban J connectivity index is 1.21. The first-order chi connectivity index (χ1) is 14.6. The lowest BCUT2D eigenvalue weighted by Crippen LogP contribution is -2.52. The molecule has 0 saturated carbocycles. The molecule has 1 aromatic carbocycles. The number of rotatable bonds is 6. The van der Waals surface area contributed by atoms with Crippen LogP contribution in [-0.4, -0.2) is 84.5 Å². The molecule has 3 aliphatic heterocycles. The zero-order chi connectivity index (χ0) is 20.9. The number of amides is 2. The number of hydrogen-bond donors (Lipinski definition) is 0. The number of likely N-dealkylation sites (tertiary alicyclic amines) is 1. The topological polar surface area (TPSA) is 53.1 Å². The standard InChI is InChI=1S/C23H32FN3O3/c24-19-5-1-4-18(16-19)17-20-6-2-9-27(20)22(28)8-10-25-11-13-26(14-12-25)23(29)21-7-3-15-30-21/h1,4-5,16,20-21H,2-3,6-15,17H2. The van der Waals surface area contributed by atoms with Gasteiger partial charge in [-0.05, 0) is 49.8 Å². The Bertz CT molecular complexity index is 745. The second-order valence-electron chi connectivity index (χ2n) is 8.64. The first-order valence-electron chi connectivity index (χ1n) is 11.3. The summed E-state index contributed by atoms with van der Waals surface area (Å²) < 4.78 is 19.0. The third-order valence-corrected chi connectivity index (χ3v) is 6.59. The fraction of sp³-hybridized carbons (Fsp3) is 0.652. The van der Waals surface area contributed by atoms with Crippen molar-refractivity contribution in [1.29, 1.82) is 0 Å². The van der Waals surface area contributed by atoms with E-state index in [1.54, 1.807) is 12.1 Å². The third kappa shape index (κ3) is 5.19. The zero-order valence-corrected chi connectivity index (χ0v) is 17.6. The van der Waals surface area contributed by atoms with E-state index in [9.17, 15) is 14.0 Å². The Morgan fingerprint density at radius 3 is 2.63 bits per heavy atom. The van der Waals surface area contributed by atoms with Crippen LogP contribution in [0.15, 0.2) is 24.3 Å². The second-order valence-corrected chi connectivity index (χ2v) is 8.64. The molecule has 6 nitrogen and oxygen atoms in total. The molecule has 0 spiro atoms. The van der Waals surface area contributed by atoms with Crippen molar-refractivity contribution in [3.8, 4) is 0 Å². The van der Waals surface area contributed by atoms with Gasteiger partial charge >= 0.3 is 0 Å². The molecule has 2 amide bonds. The van der Waals surface area contributed by atoms with Crippen LogP contribution in [0.2, 0.25) is 0 Å². The number of carbonyl (C=O) groups is 2. The Labute approximate surface area is 177 Å². The van der Waals surface area contributed by atoms with Crippen molar-refractivity contribution in [2.24, 2.45) is 0 Å². The van der Waals surface area contributed by atoms with Gasteiger partial charge in [0.25, 0.3) is 5.91 Å². The summed E-state index contributed by atoms with van der Waals surface area (Å²) in [5.74, 6) is 0.0905. The van der Waals surface area contributed by atoms with Crippen LogP contribution in [0.25, 0.3) is 0 Å². The molecule has 2 unspecified atom stereocenters. The van der Waals surface area contributed by atoms with Crippen molar-refractivity contribution in [1.82, 2.24) is 14.7 Å². The van der Waals surface area contributed by atoms with E-state index in [4.69, 9.17) is 4.74 Å². The molecule has 4 rings (SSSR count). The van der Waals surface area contributed by atoms with E-state index in [2.05, 4.69) is 4.90 Å². The summed E-state index contributed by atoms with van der Waals surface area (Å²) in [6.45, 7) is 5.23. The van der Waals surface area contributed by atoms with E-state index < -0.39 is 0 Å². The number of carbonyl (C=O) groups excluding carboxylic acids is 2. The molecule has 0 aliphatic carbocycles. The van der Waals surface area contributed by atoms with E-state index >= 15 is 0 Å². The average Bonchev–Trinajstić information content (AvgIpc) is 3.44. The van der Waals surface area contributed by atoms with Gasteiger partial charge in [0.1, 0.15) is 11.9 Å². The van der Waals surface area contributed by atoms with Gasteiger partial charge in [-0.25, -0.2) is 4.39 Å². The minimum atomic E-state index is -0.247. The first-order valence-corrected chi connectivity index (χ1v) is 11.3. The molecule has 1 aromatic rings. The highest BCUT2D eigenvalue weighted by atomic mass is 19.1. The van der Waals surface area contributed by atoms with Gasteiger partial charge in [0.2, 0.25) is 5.91 Å². The lowest BCUT2D eigenvalue weighted by atomic mass is 10.0. The smallest absolute Gasteiger partial charge is 0.251 e. The van der Waals surface area contributed by atoms with Crippen LogP contribution in [0.4, 0.5) is 4.39 Å². The number of benzene rings is 1. The van der Waals surface area contributed by atoms with E-state index in [-0.39, 0.29) is 29.8 Å². The number of halogens is 1. The molecule has 0 radical (unpaired) electrons. The SMILES string of the molecule is O=C(C1CCCO1)N1CCN(CCC(=O)N2CCCC2Cc2cccc(F)c2)CC1. The van der Waals surface area contributed by atoms with Crippen LogP contribution in [0.5, 0.6) is 0 Å². The van der Waals surface area contributed by atoms with Crippen LogP contribution < -0.4 is 0 Å². The van der Waals surface area contributed by atoms with Gasteiger partial charge in [-0.1, -0.05) is 12.1 Å². The van der Waals surface area contributed by atoms with Crippen LogP contribution in [0.1, 0.15) is 37.7 Å². The summed E-state index contributed by atoms with van der Waals surface area (Å²) in [6.07, 6.45) is 4.76. The quantitative estimate of drug-likeness (QED) is 0.711. The van der Waals surface area contributed by atoms with E-state index in [1.807, 2.05) is 15.9 Å². The highest BCUT2D eigenvalue weighted by Gasteiger charge is 2.31. The van der Waals surface area contributed by atoms with Crippen LogP contribution in [0, 0.1) is 5.82 Å². The molecule has 3 fully saturated rings. The van der Waals surface area contributed by atoms with Crippen molar-refractivity contribution in [3.05, 3.63) is 35.6 Å². The van der Waals surface area contributed by atoms with Gasteiger partial charge in [0.05, 0.1) is 0 Å². The maximum Gasteiger partial charge on any atom is 0.251 e. The van der Waals surface area contributed by atoms with Gasteiger partial charge in [0, 0.05) is 58.3 Å². The molecule has 3 heterocycles. The van der Waals surface area contributed by atoms with Gasteiger partial charge in [-0.2, -0.15) is 0 Å². The molecule has 0 N–H and O–H groups in total. The number of nitrogens with zero attached hydrogens (tertiary/aromatic N) is 3. The summed E-state index contributed by atoms with van der Waals surface area (Å²) in [6, 6.07) is 6.85. The lowest BCUT2D eigenvalue weighted by Gasteiger charge is -2.36. The number of piperazine rings is 1. The fourth-order valence-electron chi connectivity index (χ4n) is 4.88. The highest BCUT2D eigenvalue weighted by Crippen LogP contribution is 2.23. The monoisotopic (exact) mass is 417 g/mol. The third-order valence-electron chi connectivity index (χ3n) is 6.59. The van der Waals surface area contributed by atoms with Crippen molar-refractivity contribution in [2.75, 3.05) is 45.9 Å². The van der Waals surface area contributed by atoms with Gasteiger partial charge < -0.3 is 14.5 Å². The summed E-state index contributed by atoms with van der Waals surface area (Å²) >= 11 is 0. The van der Waals surface area contributed by atoms with Crippen molar-refractivity contribution in [2.45, 2.75) is 50.7 Å². The van der Waals surface area contributed by atoms with Gasteiger partial charge in [-0.3, -0.25) is 14.5 Å². The summed E-state index contributed by atoms with van der Waals surface area (Å²) in [5.41, 5.74) is 0.951. The fourth-order valence-corrected chi connectivity index (χ4v) is 4.88. The minimum absolute atomic E-state index is 0.125. The summed E-state index contributed by atoms with van der Waals surface area (Å²) in [7, 11) is 0. The van der Waals surface area contributed by atoms with E-state index in [0.29, 0.717) is 32.5 Å². The Kier molecular flexibility index (Phi) is 7.00. The molecule has 3 aliphatic rings. The van der Waals surface area contributed by atoms with Crippen LogP contribution in [-0.2, 0) is 20.7 Å². The molecule has 2 atom stereocenters. The van der Waals surface area contributed by atoms with Gasteiger partial charge in [-0.15, -0.1) is 0 Å². The molecule has 164 valence electrons. The first kappa shape index (κ1) is 21.2. The Morgan fingerprint density at radius 2 is 1.90 bits per heavy atom. The molecule has 7 heteroatoms. The second kappa shape index (κ2) is 9.88. The maximum absolute atomic E-state index is 13.5. The largest absolute Gasteiger partial charge is 0.368 e. The Morgan fingerprint density at radius 1 is 1.07 bits per heavy atom. The van der Waals surface area contributed by atoms with E-state index in [1.165, 1.54) is 6.07 Å². The normalized spacial score (nSPS) is 25.1. The van der Waals surface area contributed by atoms with E-state index in [0.717, 1.165) is 57.4 Å². The summed E-state index contributed by atoms with van der Waals surface area (Å²) in [5, 5.41) is 0. The average molecular weight is 418 g/mol. The van der Waals surface area contributed by atoms with Crippen molar-refractivity contribution in [3.63, 3.8) is 0 Å². The molecular formula is C23H32FN3O3. The highest BCUT2D eigenvalue weighted by molar-refractivity contribution is 5.81. The molecule has 30 heavy (non-hydrogen) atoms. The van der Waals surface area contributed by atoms with Crippen molar-refractivity contribution < 1.29 is 18.7 Å². The van der Waals surface area contributed by atoms with Crippen molar-refractivity contribution >= 4 is 11.8 Å². The molecule has 0 bridgehead atoms. The molecule has 0 aromatic heterocycles. The molecular weight excluding hydrogens is 385 g/mol. The predicted octanol–water partition coefficient (Wildman–Crippen LogP) is 2.07. The van der Waals surface area contributed by atoms with Gasteiger partial charge in [0.15, 0.2) is 0 Å². The predicted molar refractivity (Wildman–Crippen MR) is 111 cm³/mol. The summed E-state index contributed by atoms with van der Waals surface area (Å²) in [4.78, 5) is 31.5. The lowest BCUT2D eigenvalue weighted by molar-refractivity contribution is -0.143. The minimum Gasteiger partial charge on any atom is -0.368 e.